The molecule has 0 aromatic carbocycles. The Balaban J connectivity index is 2.01. The summed E-state index contributed by atoms with van der Waals surface area (Å²) in [6, 6.07) is 2.28. The van der Waals surface area contributed by atoms with E-state index in [1.807, 2.05) is 12.3 Å². The zero-order chi connectivity index (χ0) is 11.0. The monoisotopic (exact) mass is 217 g/mol. The number of anilines is 1. The van der Waals surface area contributed by atoms with Gasteiger partial charge in [0.05, 0.1) is 5.39 Å². The number of hydrogen-bond acceptors (Lipinski definition) is 4. The van der Waals surface area contributed by atoms with E-state index >= 15 is 0 Å². The highest BCUT2D eigenvalue weighted by atomic mass is 15.2. The van der Waals surface area contributed by atoms with Gasteiger partial charge in [-0.1, -0.05) is 0 Å². The van der Waals surface area contributed by atoms with Crippen LogP contribution in [0, 0.1) is 0 Å². The van der Waals surface area contributed by atoms with E-state index in [1.54, 1.807) is 6.33 Å². The first-order chi connectivity index (χ1) is 7.84. The molecule has 0 saturated carbocycles. The van der Waals surface area contributed by atoms with Crippen LogP contribution in [-0.2, 0) is 0 Å². The van der Waals surface area contributed by atoms with E-state index in [0.29, 0.717) is 0 Å². The Kier molecular flexibility index (Phi) is 2.25. The normalized spacial score (nSPS) is 21.6. The summed E-state index contributed by atoms with van der Waals surface area (Å²) < 4.78 is 0. The molecule has 0 aliphatic carbocycles. The number of nitrogens with zero attached hydrogens (tertiary/aromatic N) is 3. The summed E-state index contributed by atoms with van der Waals surface area (Å²) in [6.45, 7) is 1.92. The van der Waals surface area contributed by atoms with Crippen LogP contribution in [0.3, 0.4) is 0 Å². The summed E-state index contributed by atoms with van der Waals surface area (Å²) in [5.74, 6) is 1.00. The molecule has 1 aliphatic heterocycles. The number of nitrogens with two attached hydrogens (primary N) is 1. The smallest absolute Gasteiger partial charge is 0.142 e. The first-order valence-electron chi connectivity index (χ1n) is 5.63. The topological polar surface area (TPSA) is 70.8 Å². The molecule has 0 amide bonds. The molecule has 1 atom stereocenters. The molecule has 1 fully saturated rings. The van der Waals surface area contributed by atoms with E-state index in [1.165, 1.54) is 0 Å². The summed E-state index contributed by atoms with van der Waals surface area (Å²) in [7, 11) is 0. The van der Waals surface area contributed by atoms with Crippen LogP contribution in [0.15, 0.2) is 18.6 Å². The molecule has 3 heterocycles. The quantitative estimate of drug-likeness (QED) is 0.744. The van der Waals surface area contributed by atoms with Gasteiger partial charge in [-0.15, -0.1) is 0 Å². The van der Waals surface area contributed by atoms with Crippen LogP contribution in [0.1, 0.15) is 12.8 Å². The van der Waals surface area contributed by atoms with Gasteiger partial charge in [-0.3, -0.25) is 0 Å². The molecule has 0 bridgehead atoms. The molecule has 16 heavy (non-hydrogen) atoms. The average Bonchev–Trinajstić information content (AvgIpc) is 2.76. The molecular formula is C11H15N5. The lowest BCUT2D eigenvalue weighted by Crippen LogP contribution is -2.43. The number of H-pyrrole nitrogens is 1. The Labute approximate surface area is 93.7 Å². The van der Waals surface area contributed by atoms with Crippen molar-refractivity contribution in [2.45, 2.75) is 18.9 Å². The van der Waals surface area contributed by atoms with E-state index in [-0.39, 0.29) is 6.04 Å². The fourth-order valence-electron chi connectivity index (χ4n) is 2.31. The van der Waals surface area contributed by atoms with Crippen molar-refractivity contribution in [3.05, 3.63) is 18.6 Å². The minimum Gasteiger partial charge on any atom is -0.354 e. The lowest BCUT2D eigenvalue weighted by Gasteiger charge is -2.31. The number of aromatic nitrogens is 3. The second kappa shape index (κ2) is 3.75. The van der Waals surface area contributed by atoms with Crippen molar-refractivity contribution in [2.75, 3.05) is 18.0 Å². The van der Waals surface area contributed by atoms with Gasteiger partial charge in [0, 0.05) is 25.3 Å². The van der Waals surface area contributed by atoms with Crippen molar-refractivity contribution in [1.29, 1.82) is 0 Å². The number of piperidine rings is 1. The molecule has 3 rings (SSSR count). The van der Waals surface area contributed by atoms with Crippen LogP contribution < -0.4 is 10.6 Å². The Morgan fingerprint density at radius 2 is 2.38 bits per heavy atom. The zero-order valence-electron chi connectivity index (χ0n) is 9.06. The minimum absolute atomic E-state index is 0.262. The van der Waals surface area contributed by atoms with Gasteiger partial charge in [0.2, 0.25) is 0 Å². The third kappa shape index (κ3) is 1.53. The van der Waals surface area contributed by atoms with Crippen molar-refractivity contribution in [2.24, 2.45) is 5.73 Å². The highest BCUT2D eigenvalue weighted by molar-refractivity contribution is 5.87. The number of hydrogen-bond donors (Lipinski definition) is 2. The molecular weight excluding hydrogens is 202 g/mol. The molecule has 1 aliphatic rings. The van der Waals surface area contributed by atoms with Crippen molar-refractivity contribution in [3.63, 3.8) is 0 Å². The number of aromatic amines is 1. The first kappa shape index (κ1) is 9.59. The van der Waals surface area contributed by atoms with Crippen molar-refractivity contribution in [1.82, 2.24) is 15.0 Å². The largest absolute Gasteiger partial charge is 0.354 e. The lowest BCUT2D eigenvalue weighted by atomic mass is 10.1. The number of rotatable bonds is 1. The fraction of sp³-hybridized carbons (Fsp3) is 0.455. The Hall–Kier alpha value is -1.62. The maximum Gasteiger partial charge on any atom is 0.142 e. The Morgan fingerprint density at radius 3 is 3.25 bits per heavy atom. The molecule has 0 spiro atoms. The van der Waals surface area contributed by atoms with E-state index in [0.717, 1.165) is 42.8 Å². The number of fused-ring (bicyclic) bond motifs is 1. The standard InChI is InChI=1S/C11H15N5/c12-8-2-1-5-16(6-8)11-9-3-4-13-10(9)14-7-15-11/h3-4,7-8H,1-2,5-6,12H2,(H,13,14,15)/t8-/m0/s1. The highest BCUT2D eigenvalue weighted by Crippen LogP contribution is 2.24. The predicted molar refractivity (Wildman–Crippen MR) is 63.3 cm³/mol. The molecule has 0 radical (unpaired) electrons. The van der Waals surface area contributed by atoms with Gasteiger partial charge in [0.15, 0.2) is 0 Å². The van der Waals surface area contributed by atoms with Crippen LogP contribution in [0.4, 0.5) is 5.82 Å². The average molecular weight is 217 g/mol. The maximum absolute atomic E-state index is 5.99. The van der Waals surface area contributed by atoms with Crippen molar-refractivity contribution < 1.29 is 0 Å². The molecule has 3 N–H and O–H groups in total. The summed E-state index contributed by atoms with van der Waals surface area (Å²) >= 11 is 0. The summed E-state index contributed by atoms with van der Waals surface area (Å²) in [4.78, 5) is 13.9. The van der Waals surface area contributed by atoms with Crippen LogP contribution in [0.25, 0.3) is 11.0 Å². The van der Waals surface area contributed by atoms with Gasteiger partial charge in [-0.05, 0) is 18.9 Å². The van der Waals surface area contributed by atoms with Crippen molar-refractivity contribution in [3.8, 4) is 0 Å². The predicted octanol–water partition coefficient (Wildman–Crippen LogP) is 0.885. The molecule has 0 unspecified atom stereocenters. The Bertz CT molecular complexity index is 492. The van der Waals surface area contributed by atoms with Gasteiger partial charge in [-0.2, -0.15) is 0 Å². The molecule has 1 saturated heterocycles. The van der Waals surface area contributed by atoms with Gasteiger partial charge in [-0.25, -0.2) is 9.97 Å². The van der Waals surface area contributed by atoms with Gasteiger partial charge in [0.1, 0.15) is 17.8 Å². The molecule has 5 heteroatoms. The molecule has 2 aromatic heterocycles. The second-order valence-corrected chi connectivity index (χ2v) is 4.29. The minimum atomic E-state index is 0.262. The van der Waals surface area contributed by atoms with Gasteiger partial charge >= 0.3 is 0 Å². The third-order valence-electron chi connectivity index (χ3n) is 3.09. The van der Waals surface area contributed by atoms with Crippen LogP contribution in [0.2, 0.25) is 0 Å². The summed E-state index contributed by atoms with van der Waals surface area (Å²) in [6.07, 6.45) is 5.75. The summed E-state index contributed by atoms with van der Waals surface area (Å²) in [5.41, 5.74) is 6.88. The second-order valence-electron chi connectivity index (χ2n) is 4.29. The Morgan fingerprint density at radius 1 is 1.44 bits per heavy atom. The first-order valence-corrected chi connectivity index (χ1v) is 5.63. The van der Waals surface area contributed by atoms with E-state index in [2.05, 4.69) is 19.9 Å². The number of nitrogens with one attached hydrogen (secondary N) is 1. The van der Waals surface area contributed by atoms with E-state index in [9.17, 15) is 0 Å². The third-order valence-corrected chi connectivity index (χ3v) is 3.09. The lowest BCUT2D eigenvalue weighted by molar-refractivity contribution is 0.504. The highest BCUT2D eigenvalue weighted by Gasteiger charge is 2.19. The SMILES string of the molecule is N[C@H]1CCCN(c2ncnc3[nH]ccc23)C1. The van der Waals surface area contributed by atoms with E-state index in [4.69, 9.17) is 5.73 Å². The fourth-order valence-corrected chi connectivity index (χ4v) is 2.31. The van der Waals surface area contributed by atoms with Crippen molar-refractivity contribution >= 4 is 16.9 Å². The molecule has 2 aromatic rings. The summed E-state index contributed by atoms with van der Waals surface area (Å²) in [5, 5.41) is 1.08. The van der Waals surface area contributed by atoms with Crippen LogP contribution >= 0.6 is 0 Å². The van der Waals surface area contributed by atoms with Gasteiger partial charge in [0.25, 0.3) is 0 Å². The van der Waals surface area contributed by atoms with E-state index < -0.39 is 0 Å². The van der Waals surface area contributed by atoms with Gasteiger partial charge < -0.3 is 15.6 Å². The van der Waals surface area contributed by atoms with Crippen LogP contribution in [-0.4, -0.2) is 34.1 Å². The molecule has 84 valence electrons. The maximum atomic E-state index is 5.99. The zero-order valence-corrected chi connectivity index (χ0v) is 9.06. The molecule has 5 nitrogen and oxygen atoms in total. The van der Waals surface area contributed by atoms with Crippen LogP contribution in [0.5, 0.6) is 0 Å².